The van der Waals surface area contributed by atoms with Crippen molar-refractivity contribution in [2.24, 2.45) is 10.9 Å². The average Bonchev–Trinajstić information content (AvgIpc) is 3.20. The monoisotopic (exact) mass is 500 g/mol. The number of amides is 1. The number of carbonyl (C=O) groups is 1. The van der Waals surface area contributed by atoms with Gasteiger partial charge < -0.3 is 20.4 Å². The third-order valence-electron chi connectivity index (χ3n) is 5.74. The van der Waals surface area contributed by atoms with Crippen LogP contribution in [0.3, 0.4) is 0 Å². The van der Waals surface area contributed by atoms with Crippen molar-refractivity contribution in [2.75, 3.05) is 23.5 Å². The topological polar surface area (TPSA) is 138 Å². The molecule has 3 N–H and O–H groups in total. The number of pyridine rings is 1. The van der Waals surface area contributed by atoms with Crippen LogP contribution >= 0.6 is 0 Å². The van der Waals surface area contributed by atoms with Gasteiger partial charge in [-0.05, 0) is 45.4 Å². The van der Waals surface area contributed by atoms with E-state index in [0.717, 1.165) is 6.26 Å². The maximum Gasteiger partial charge on any atom is 0.231 e. The number of hydrogen-bond donors (Lipinski definition) is 3. The van der Waals surface area contributed by atoms with Crippen LogP contribution in [0.5, 0.6) is 0 Å². The summed E-state index contributed by atoms with van der Waals surface area (Å²) in [5, 5.41) is 5.77. The first kappa shape index (κ1) is 23.2. The number of imidazole rings is 1. The zero-order valence-electron chi connectivity index (χ0n) is 19.6. The Hall–Kier alpha value is -3.54. The molecule has 1 unspecified atom stereocenters. The van der Waals surface area contributed by atoms with Gasteiger partial charge in [-0.1, -0.05) is 0 Å². The molecular formula is C23H25FN6O4S. The molecule has 12 heteroatoms. The SMILES string of the molecule is Cc1nc2nc(NC(=O)[C@H]3CC3F)cc(Nc3ccc(C4=NC(C)(C)CO4)cc3S(C)(=O)=O)c2[nH]1. The molecule has 0 bridgehead atoms. The van der Waals surface area contributed by atoms with Gasteiger partial charge >= 0.3 is 0 Å². The van der Waals surface area contributed by atoms with Gasteiger partial charge in [0.2, 0.25) is 11.8 Å². The van der Waals surface area contributed by atoms with Gasteiger partial charge in [-0.25, -0.2) is 27.8 Å². The Kier molecular flexibility index (Phi) is 5.31. The molecule has 10 nitrogen and oxygen atoms in total. The quantitative estimate of drug-likeness (QED) is 0.472. The minimum Gasteiger partial charge on any atom is -0.475 e. The van der Waals surface area contributed by atoms with E-state index in [0.29, 0.717) is 46.4 Å². The highest BCUT2D eigenvalue weighted by Crippen LogP contribution is 2.36. The van der Waals surface area contributed by atoms with Crippen LogP contribution < -0.4 is 10.6 Å². The molecule has 1 aromatic carbocycles. The number of benzene rings is 1. The largest absolute Gasteiger partial charge is 0.475 e. The Balaban J connectivity index is 1.54. The zero-order chi connectivity index (χ0) is 25.1. The number of fused-ring (bicyclic) bond motifs is 1. The molecule has 1 saturated carbocycles. The number of nitrogens with one attached hydrogen (secondary N) is 3. The first-order chi connectivity index (χ1) is 16.4. The van der Waals surface area contributed by atoms with Crippen LogP contribution in [-0.4, -0.2) is 59.7 Å². The molecule has 35 heavy (non-hydrogen) atoms. The fourth-order valence-corrected chi connectivity index (χ4v) is 4.72. The third kappa shape index (κ3) is 4.70. The van der Waals surface area contributed by atoms with E-state index < -0.39 is 27.8 Å². The van der Waals surface area contributed by atoms with Crippen molar-refractivity contribution in [3.8, 4) is 0 Å². The summed E-state index contributed by atoms with van der Waals surface area (Å²) in [4.78, 5) is 28.6. The lowest BCUT2D eigenvalue weighted by atomic mass is 10.1. The van der Waals surface area contributed by atoms with Crippen LogP contribution in [0, 0.1) is 12.8 Å². The number of rotatable bonds is 6. The van der Waals surface area contributed by atoms with Gasteiger partial charge in [-0.15, -0.1) is 0 Å². The lowest BCUT2D eigenvalue weighted by Gasteiger charge is -2.14. The molecule has 2 aromatic heterocycles. The Morgan fingerprint density at radius 1 is 1.23 bits per heavy atom. The number of halogens is 1. The lowest BCUT2D eigenvalue weighted by molar-refractivity contribution is -0.117. The van der Waals surface area contributed by atoms with Gasteiger partial charge in [0, 0.05) is 17.9 Å². The summed E-state index contributed by atoms with van der Waals surface area (Å²) in [6.45, 7) is 6.02. The van der Waals surface area contributed by atoms with Crippen LogP contribution in [0.1, 0.15) is 31.7 Å². The molecule has 1 aliphatic carbocycles. The number of sulfone groups is 1. The minimum absolute atomic E-state index is 0.0519. The number of aryl methyl sites for hydroxylation is 1. The van der Waals surface area contributed by atoms with Crippen LogP contribution in [0.15, 0.2) is 34.2 Å². The molecule has 1 aliphatic heterocycles. The Bertz CT molecular complexity index is 1500. The minimum atomic E-state index is -3.65. The number of aromatic amines is 1. The molecule has 2 aliphatic rings. The van der Waals surface area contributed by atoms with E-state index >= 15 is 0 Å². The molecule has 5 rings (SSSR count). The number of nitrogens with zero attached hydrogens (tertiary/aromatic N) is 3. The molecule has 184 valence electrons. The van der Waals surface area contributed by atoms with Crippen molar-refractivity contribution < 1.29 is 22.3 Å². The maximum absolute atomic E-state index is 13.3. The van der Waals surface area contributed by atoms with Gasteiger partial charge in [-0.3, -0.25) is 4.79 Å². The summed E-state index contributed by atoms with van der Waals surface area (Å²) < 4.78 is 44.4. The molecule has 0 radical (unpaired) electrons. The van der Waals surface area contributed by atoms with Gasteiger partial charge in [0.15, 0.2) is 15.5 Å². The van der Waals surface area contributed by atoms with Crippen molar-refractivity contribution in [3.63, 3.8) is 0 Å². The van der Waals surface area contributed by atoms with Gasteiger partial charge in [-0.2, -0.15) is 0 Å². The maximum atomic E-state index is 13.3. The summed E-state index contributed by atoms with van der Waals surface area (Å²) >= 11 is 0. The van der Waals surface area contributed by atoms with Crippen molar-refractivity contribution in [1.29, 1.82) is 0 Å². The lowest BCUT2D eigenvalue weighted by Crippen LogP contribution is -2.17. The Morgan fingerprint density at radius 2 is 1.97 bits per heavy atom. The number of aromatic nitrogens is 3. The van der Waals surface area contributed by atoms with Crippen molar-refractivity contribution in [1.82, 2.24) is 15.0 Å². The second-order valence-corrected chi connectivity index (χ2v) is 11.5. The number of hydrogen-bond acceptors (Lipinski definition) is 8. The summed E-state index contributed by atoms with van der Waals surface area (Å²) in [6.07, 6.45) is 0.172. The standard InChI is InChI=1S/C23H25FN6O4S/c1-11-25-19-16(9-18(28-20(19)26-11)29-21(31)13-8-14(13)24)27-15-6-5-12(7-17(15)35(4,32)33)22-30-23(2,3)10-34-22/h5-7,9,13-14H,8,10H2,1-4H3,(H3,25,26,27,28,29,31)/t13-,14?/m0/s1. The van der Waals surface area contributed by atoms with E-state index in [9.17, 15) is 17.6 Å². The predicted octanol–water partition coefficient (Wildman–Crippen LogP) is 3.27. The molecule has 0 spiro atoms. The summed E-state index contributed by atoms with van der Waals surface area (Å²) in [5.41, 5.74) is 1.79. The van der Waals surface area contributed by atoms with Crippen LogP contribution in [0.2, 0.25) is 0 Å². The third-order valence-corrected chi connectivity index (χ3v) is 6.88. The second kappa shape index (κ2) is 8.01. The van der Waals surface area contributed by atoms with Gasteiger partial charge in [0.05, 0.1) is 27.7 Å². The summed E-state index contributed by atoms with van der Waals surface area (Å²) in [7, 11) is -3.65. The van der Waals surface area contributed by atoms with E-state index in [1.165, 1.54) is 6.07 Å². The van der Waals surface area contributed by atoms with E-state index in [2.05, 4.69) is 30.6 Å². The molecular weight excluding hydrogens is 475 g/mol. The van der Waals surface area contributed by atoms with Crippen molar-refractivity contribution in [2.45, 2.75) is 43.8 Å². The fourth-order valence-electron chi connectivity index (χ4n) is 3.86. The highest BCUT2D eigenvalue weighted by molar-refractivity contribution is 7.90. The Morgan fingerprint density at radius 3 is 2.60 bits per heavy atom. The molecule has 3 aromatic rings. The van der Waals surface area contributed by atoms with E-state index in [-0.39, 0.29) is 22.7 Å². The summed E-state index contributed by atoms with van der Waals surface area (Å²) in [6, 6.07) is 6.44. The van der Waals surface area contributed by atoms with Crippen LogP contribution in [0.4, 0.5) is 21.6 Å². The Labute approximate surface area is 201 Å². The normalized spacial score (nSPS) is 20.9. The van der Waals surface area contributed by atoms with E-state index in [4.69, 9.17) is 4.74 Å². The molecule has 2 atom stereocenters. The first-order valence-electron chi connectivity index (χ1n) is 11.1. The molecule has 3 heterocycles. The number of aliphatic imine (C=N–C) groups is 1. The summed E-state index contributed by atoms with van der Waals surface area (Å²) in [5.74, 6) is 0.0221. The van der Waals surface area contributed by atoms with Gasteiger partial charge in [0.25, 0.3) is 0 Å². The zero-order valence-corrected chi connectivity index (χ0v) is 20.5. The number of carbonyl (C=O) groups excluding carboxylic acids is 1. The highest BCUT2D eigenvalue weighted by atomic mass is 32.2. The number of anilines is 3. The van der Waals surface area contributed by atoms with Gasteiger partial charge in [0.1, 0.15) is 29.9 Å². The first-order valence-corrected chi connectivity index (χ1v) is 13.0. The predicted molar refractivity (Wildman–Crippen MR) is 130 cm³/mol. The van der Waals surface area contributed by atoms with E-state index in [1.54, 1.807) is 25.1 Å². The van der Waals surface area contributed by atoms with Crippen LogP contribution in [-0.2, 0) is 19.4 Å². The number of ether oxygens (including phenoxy) is 1. The second-order valence-electron chi connectivity index (χ2n) is 9.55. The highest BCUT2D eigenvalue weighted by Gasteiger charge is 2.43. The smallest absolute Gasteiger partial charge is 0.231 e. The van der Waals surface area contributed by atoms with Crippen molar-refractivity contribution >= 4 is 50.0 Å². The number of H-pyrrole nitrogens is 1. The van der Waals surface area contributed by atoms with Crippen LogP contribution in [0.25, 0.3) is 11.2 Å². The molecule has 1 amide bonds. The molecule has 0 saturated heterocycles. The fraction of sp³-hybridized carbons (Fsp3) is 0.391. The number of alkyl halides is 1. The molecule has 1 fully saturated rings. The average molecular weight is 501 g/mol. The van der Waals surface area contributed by atoms with E-state index in [1.807, 2.05) is 13.8 Å². The van der Waals surface area contributed by atoms with Crippen molar-refractivity contribution in [3.05, 3.63) is 35.7 Å².